The predicted molar refractivity (Wildman–Crippen MR) is 121 cm³/mol. The Hall–Kier alpha value is -2.64. The normalized spacial score (nSPS) is 12.2. The molecule has 2 heterocycles. The number of alkyl carbamates (subject to hydrolysis) is 1. The molecule has 0 spiro atoms. The Kier molecular flexibility index (Phi) is 7.29. The molecule has 0 saturated carbocycles. The van der Waals surface area contributed by atoms with Gasteiger partial charge < -0.3 is 14.8 Å². The summed E-state index contributed by atoms with van der Waals surface area (Å²) in [5, 5.41) is 6.71. The van der Waals surface area contributed by atoms with Crippen molar-refractivity contribution in [3.63, 3.8) is 0 Å². The molecule has 1 amide bonds. The minimum atomic E-state index is -0.835. The van der Waals surface area contributed by atoms with Gasteiger partial charge in [-0.25, -0.2) is 9.59 Å². The van der Waals surface area contributed by atoms with E-state index in [0.717, 1.165) is 16.0 Å². The molecule has 0 aliphatic carbocycles. The molecule has 7 heteroatoms. The Balaban J connectivity index is 1.67. The molecular weight excluding hydrogens is 418 g/mol. The highest BCUT2D eigenvalue weighted by atomic mass is 32.1. The van der Waals surface area contributed by atoms with Crippen LogP contribution in [0.3, 0.4) is 0 Å². The SMILES string of the molecule is CC(C)(C)OC(=O)[C@@H](Cc1csc(-c2cccs2)c1)NC(=O)OCc1ccccc1. The first-order valence-corrected chi connectivity index (χ1v) is 11.4. The summed E-state index contributed by atoms with van der Waals surface area (Å²) in [6, 6.07) is 14.7. The van der Waals surface area contributed by atoms with E-state index in [1.807, 2.05) is 53.2 Å². The van der Waals surface area contributed by atoms with Gasteiger partial charge in [-0.3, -0.25) is 0 Å². The number of amides is 1. The third-order valence-corrected chi connectivity index (χ3v) is 6.10. The predicted octanol–water partition coefficient (Wildman–Crippen LogP) is 5.66. The van der Waals surface area contributed by atoms with Crippen LogP contribution in [0.4, 0.5) is 4.79 Å². The fraction of sp³-hybridized carbons (Fsp3) is 0.304. The molecular formula is C23H25NO4S2. The number of carbonyl (C=O) groups is 2. The molecule has 3 aromatic rings. The van der Waals surface area contributed by atoms with Crippen molar-refractivity contribution in [1.29, 1.82) is 0 Å². The largest absolute Gasteiger partial charge is 0.458 e. The van der Waals surface area contributed by atoms with Gasteiger partial charge in [0.25, 0.3) is 0 Å². The first-order chi connectivity index (χ1) is 14.3. The number of ether oxygens (including phenoxy) is 2. The highest BCUT2D eigenvalue weighted by Crippen LogP contribution is 2.31. The van der Waals surface area contributed by atoms with Gasteiger partial charge in [-0.1, -0.05) is 36.4 Å². The van der Waals surface area contributed by atoms with Gasteiger partial charge in [0.1, 0.15) is 18.2 Å². The summed E-state index contributed by atoms with van der Waals surface area (Å²) in [6.07, 6.45) is -0.319. The van der Waals surface area contributed by atoms with E-state index in [1.165, 1.54) is 4.88 Å². The van der Waals surface area contributed by atoms with Gasteiger partial charge in [0, 0.05) is 16.2 Å². The maximum absolute atomic E-state index is 12.7. The lowest BCUT2D eigenvalue weighted by molar-refractivity contribution is -0.157. The van der Waals surface area contributed by atoms with Crippen molar-refractivity contribution in [2.45, 2.75) is 45.4 Å². The third-order valence-electron chi connectivity index (χ3n) is 4.05. The Morgan fingerprint density at radius 2 is 1.77 bits per heavy atom. The molecule has 1 N–H and O–H groups in total. The number of thiophene rings is 2. The molecule has 0 saturated heterocycles. The van der Waals surface area contributed by atoms with Crippen molar-refractivity contribution in [3.05, 3.63) is 70.4 Å². The minimum Gasteiger partial charge on any atom is -0.458 e. The van der Waals surface area contributed by atoms with Crippen molar-refractivity contribution in [2.24, 2.45) is 0 Å². The molecule has 1 atom stereocenters. The molecule has 0 radical (unpaired) electrons. The lowest BCUT2D eigenvalue weighted by Gasteiger charge is -2.24. The lowest BCUT2D eigenvalue weighted by atomic mass is 10.1. The number of carbonyl (C=O) groups excluding carboxylic acids is 2. The molecule has 3 rings (SSSR count). The molecule has 158 valence electrons. The summed E-state index contributed by atoms with van der Waals surface area (Å²) < 4.78 is 10.8. The molecule has 30 heavy (non-hydrogen) atoms. The van der Waals surface area contributed by atoms with Crippen molar-refractivity contribution in [1.82, 2.24) is 5.32 Å². The van der Waals surface area contributed by atoms with E-state index in [4.69, 9.17) is 9.47 Å². The summed E-state index contributed by atoms with van der Waals surface area (Å²) in [4.78, 5) is 27.4. The number of nitrogens with one attached hydrogen (secondary N) is 1. The molecule has 0 bridgehead atoms. The zero-order chi connectivity index (χ0) is 21.6. The van der Waals surface area contributed by atoms with E-state index in [-0.39, 0.29) is 6.61 Å². The number of hydrogen-bond acceptors (Lipinski definition) is 6. The van der Waals surface area contributed by atoms with Crippen LogP contribution in [0.2, 0.25) is 0 Å². The van der Waals surface area contributed by atoms with Gasteiger partial charge in [-0.05, 0) is 54.8 Å². The van der Waals surface area contributed by atoms with Crippen LogP contribution in [0.5, 0.6) is 0 Å². The van der Waals surface area contributed by atoms with E-state index in [2.05, 4.69) is 11.4 Å². The van der Waals surface area contributed by atoms with Gasteiger partial charge in [-0.15, -0.1) is 22.7 Å². The summed E-state index contributed by atoms with van der Waals surface area (Å²) in [5.74, 6) is -0.483. The van der Waals surface area contributed by atoms with Crippen LogP contribution in [0, 0.1) is 0 Å². The van der Waals surface area contributed by atoms with E-state index >= 15 is 0 Å². The Morgan fingerprint density at radius 3 is 2.43 bits per heavy atom. The van der Waals surface area contributed by atoms with E-state index < -0.39 is 23.7 Å². The van der Waals surface area contributed by atoms with Crippen LogP contribution < -0.4 is 5.32 Å². The van der Waals surface area contributed by atoms with Gasteiger partial charge in [0.05, 0.1) is 0 Å². The lowest BCUT2D eigenvalue weighted by Crippen LogP contribution is -2.45. The highest BCUT2D eigenvalue weighted by Gasteiger charge is 2.28. The summed E-state index contributed by atoms with van der Waals surface area (Å²) in [6.45, 7) is 5.54. The Morgan fingerprint density at radius 1 is 1.00 bits per heavy atom. The molecule has 0 unspecified atom stereocenters. The standard InChI is InChI=1S/C23H25NO4S2/c1-23(2,3)28-21(25)18(24-22(26)27-14-16-8-5-4-6-9-16)12-17-13-20(30-15-17)19-10-7-11-29-19/h4-11,13,15,18H,12,14H2,1-3H3,(H,24,26)/t18-/m1/s1. The summed E-state index contributed by atoms with van der Waals surface area (Å²) >= 11 is 3.28. The number of esters is 1. The second kappa shape index (κ2) is 9.91. The Labute approximate surface area is 184 Å². The number of benzene rings is 1. The van der Waals surface area contributed by atoms with Crippen LogP contribution in [0.1, 0.15) is 31.9 Å². The molecule has 0 aliphatic rings. The first kappa shape index (κ1) is 22.1. The highest BCUT2D eigenvalue weighted by molar-refractivity contribution is 7.20. The zero-order valence-electron chi connectivity index (χ0n) is 17.2. The summed E-state index contributed by atoms with van der Waals surface area (Å²) in [7, 11) is 0. The molecule has 0 aliphatic heterocycles. The fourth-order valence-electron chi connectivity index (χ4n) is 2.74. The first-order valence-electron chi connectivity index (χ1n) is 9.61. The van der Waals surface area contributed by atoms with Crippen LogP contribution >= 0.6 is 22.7 Å². The molecule has 5 nitrogen and oxygen atoms in total. The topological polar surface area (TPSA) is 64.6 Å². The minimum absolute atomic E-state index is 0.134. The van der Waals surface area contributed by atoms with Gasteiger partial charge in [-0.2, -0.15) is 0 Å². The fourth-order valence-corrected chi connectivity index (χ4v) is 4.51. The molecule has 0 fully saturated rings. The third kappa shape index (κ3) is 6.71. The quantitative estimate of drug-likeness (QED) is 0.479. The number of rotatable bonds is 7. The summed E-state index contributed by atoms with van der Waals surface area (Å²) in [5.41, 5.74) is 1.18. The average Bonchev–Trinajstić information content (AvgIpc) is 3.37. The van der Waals surface area contributed by atoms with E-state index in [1.54, 1.807) is 43.4 Å². The van der Waals surface area contributed by atoms with Gasteiger partial charge >= 0.3 is 12.1 Å². The molecule has 2 aromatic heterocycles. The van der Waals surface area contributed by atoms with Crippen LogP contribution in [-0.2, 0) is 27.3 Å². The second-order valence-electron chi connectivity index (χ2n) is 7.79. The van der Waals surface area contributed by atoms with Crippen molar-refractivity contribution in [2.75, 3.05) is 0 Å². The second-order valence-corrected chi connectivity index (χ2v) is 9.65. The maximum Gasteiger partial charge on any atom is 0.408 e. The maximum atomic E-state index is 12.7. The van der Waals surface area contributed by atoms with Crippen molar-refractivity contribution >= 4 is 34.7 Å². The number of hydrogen-bond donors (Lipinski definition) is 1. The van der Waals surface area contributed by atoms with Crippen LogP contribution in [0.25, 0.3) is 9.75 Å². The molecule has 1 aromatic carbocycles. The monoisotopic (exact) mass is 443 g/mol. The van der Waals surface area contributed by atoms with Gasteiger partial charge in [0.15, 0.2) is 0 Å². The average molecular weight is 444 g/mol. The van der Waals surface area contributed by atoms with Gasteiger partial charge in [0.2, 0.25) is 0 Å². The van der Waals surface area contributed by atoms with Crippen molar-refractivity contribution < 1.29 is 19.1 Å². The van der Waals surface area contributed by atoms with Crippen molar-refractivity contribution in [3.8, 4) is 9.75 Å². The smallest absolute Gasteiger partial charge is 0.408 e. The van der Waals surface area contributed by atoms with Crippen LogP contribution in [-0.4, -0.2) is 23.7 Å². The van der Waals surface area contributed by atoms with E-state index in [0.29, 0.717) is 6.42 Å². The zero-order valence-corrected chi connectivity index (χ0v) is 18.8. The van der Waals surface area contributed by atoms with E-state index in [9.17, 15) is 9.59 Å². The van der Waals surface area contributed by atoms with Crippen LogP contribution in [0.15, 0.2) is 59.3 Å². The Bertz CT molecular complexity index is 959.